The molecule has 0 aromatic heterocycles. The molecule has 150 valence electrons. The number of carboxylic acids is 1. The van der Waals surface area contributed by atoms with Crippen LogP contribution in [0.3, 0.4) is 0 Å². The van der Waals surface area contributed by atoms with Crippen molar-refractivity contribution in [1.29, 1.82) is 0 Å². The first kappa shape index (κ1) is 21.7. The van der Waals surface area contributed by atoms with Gasteiger partial charge in [-0.05, 0) is 39.7 Å². The molecular formula is C24H31NO3. The summed E-state index contributed by atoms with van der Waals surface area (Å²) in [6.07, 6.45) is -0.166. The number of carboxylic acid groups (broad SMARTS) is 1. The first-order valence-corrected chi connectivity index (χ1v) is 9.61. The van der Waals surface area contributed by atoms with Gasteiger partial charge in [-0.15, -0.1) is 0 Å². The monoisotopic (exact) mass is 381 g/mol. The number of hydrogen-bond donors (Lipinski definition) is 2. The SMILES string of the molecule is CC(C)(C)c1ccc(C(=O)N[C@@H](CC(=O)O)c2ccc(C(C)(C)C)cc2)cc1. The Hall–Kier alpha value is -2.62. The summed E-state index contributed by atoms with van der Waals surface area (Å²) in [7, 11) is 0. The molecule has 0 aliphatic rings. The first-order valence-electron chi connectivity index (χ1n) is 9.61. The van der Waals surface area contributed by atoms with Crippen LogP contribution in [0.2, 0.25) is 0 Å². The lowest BCUT2D eigenvalue weighted by Crippen LogP contribution is -2.30. The predicted octanol–water partition coefficient (Wildman–Crippen LogP) is 5.23. The molecular weight excluding hydrogens is 350 g/mol. The summed E-state index contributed by atoms with van der Waals surface area (Å²) in [5.74, 6) is -1.22. The zero-order chi connectivity index (χ0) is 21.1. The van der Waals surface area contributed by atoms with E-state index in [-0.39, 0.29) is 23.2 Å². The van der Waals surface area contributed by atoms with Crippen LogP contribution in [0, 0.1) is 0 Å². The van der Waals surface area contributed by atoms with Gasteiger partial charge in [0.2, 0.25) is 0 Å². The van der Waals surface area contributed by atoms with Gasteiger partial charge in [0, 0.05) is 5.56 Å². The minimum Gasteiger partial charge on any atom is -0.481 e. The van der Waals surface area contributed by atoms with E-state index in [0.29, 0.717) is 5.56 Å². The second-order valence-electron chi connectivity index (χ2n) is 9.32. The molecule has 0 aliphatic heterocycles. The van der Waals surface area contributed by atoms with Crippen molar-refractivity contribution in [3.63, 3.8) is 0 Å². The van der Waals surface area contributed by atoms with Gasteiger partial charge < -0.3 is 10.4 Å². The molecule has 0 radical (unpaired) electrons. The number of hydrogen-bond acceptors (Lipinski definition) is 2. The Kier molecular flexibility index (Phi) is 6.33. The van der Waals surface area contributed by atoms with E-state index < -0.39 is 12.0 Å². The van der Waals surface area contributed by atoms with Crippen LogP contribution in [-0.2, 0) is 15.6 Å². The molecule has 0 unspecified atom stereocenters. The van der Waals surface area contributed by atoms with Crippen LogP contribution in [0.5, 0.6) is 0 Å². The van der Waals surface area contributed by atoms with E-state index in [4.69, 9.17) is 0 Å². The van der Waals surface area contributed by atoms with Crippen molar-refractivity contribution in [1.82, 2.24) is 5.32 Å². The third kappa shape index (κ3) is 5.69. The minimum absolute atomic E-state index is 0.00957. The molecule has 0 bridgehead atoms. The molecule has 0 saturated heterocycles. The molecule has 4 heteroatoms. The topological polar surface area (TPSA) is 66.4 Å². The van der Waals surface area contributed by atoms with Crippen LogP contribution in [0.25, 0.3) is 0 Å². The Morgan fingerprint density at radius 2 is 1.25 bits per heavy atom. The molecule has 1 atom stereocenters. The second kappa shape index (κ2) is 8.17. The Morgan fingerprint density at radius 1 is 0.821 bits per heavy atom. The van der Waals surface area contributed by atoms with Gasteiger partial charge in [0.15, 0.2) is 0 Å². The largest absolute Gasteiger partial charge is 0.481 e. The maximum atomic E-state index is 12.7. The highest BCUT2D eigenvalue weighted by atomic mass is 16.4. The lowest BCUT2D eigenvalue weighted by atomic mass is 9.86. The van der Waals surface area contributed by atoms with E-state index in [1.54, 1.807) is 12.1 Å². The van der Waals surface area contributed by atoms with E-state index in [1.807, 2.05) is 36.4 Å². The van der Waals surface area contributed by atoms with Gasteiger partial charge in [-0.25, -0.2) is 0 Å². The van der Waals surface area contributed by atoms with Crippen molar-refractivity contribution in [2.45, 2.75) is 64.8 Å². The molecule has 4 nitrogen and oxygen atoms in total. The van der Waals surface area contributed by atoms with Crippen LogP contribution in [0.4, 0.5) is 0 Å². The van der Waals surface area contributed by atoms with E-state index in [1.165, 1.54) is 0 Å². The summed E-state index contributed by atoms with van der Waals surface area (Å²) in [6.45, 7) is 12.7. The van der Waals surface area contributed by atoms with Crippen LogP contribution in [-0.4, -0.2) is 17.0 Å². The lowest BCUT2D eigenvalue weighted by Gasteiger charge is -2.22. The van der Waals surface area contributed by atoms with Crippen molar-refractivity contribution in [2.24, 2.45) is 0 Å². The van der Waals surface area contributed by atoms with E-state index >= 15 is 0 Å². The van der Waals surface area contributed by atoms with Crippen molar-refractivity contribution >= 4 is 11.9 Å². The Balaban J connectivity index is 2.22. The number of aliphatic carboxylic acids is 1. The molecule has 1 amide bonds. The third-order valence-electron chi connectivity index (χ3n) is 4.88. The molecule has 2 rings (SSSR count). The van der Waals surface area contributed by atoms with Gasteiger partial charge in [-0.2, -0.15) is 0 Å². The highest BCUT2D eigenvalue weighted by molar-refractivity contribution is 5.94. The Morgan fingerprint density at radius 3 is 1.64 bits per heavy atom. The quantitative estimate of drug-likeness (QED) is 0.745. The number of carbonyl (C=O) groups is 2. The number of benzene rings is 2. The fraction of sp³-hybridized carbons (Fsp3) is 0.417. The molecule has 0 saturated carbocycles. The van der Waals surface area contributed by atoms with E-state index in [2.05, 4.69) is 46.9 Å². The van der Waals surface area contributed by atoms with Crippen molar-refractivity contribution < 1.29 is 14.7 Å². The maximum absolute atomic E-state index is 12.7. The Bertz CT molecular complexity index is 822. The van der Waals surface area contributed by atoms with Crippen molar-refractivity contribution in [3.8, 4) is 0 Å². The molecule has 2 aromatic carbocycles. The van der Waals surface area contributed by atoms with Gasteiger partial charge in [-0.3, -0.25) is 9.59 Å². The maximum Gasteiger partial charge on any atom is 0.305 e. The molecule has 0 heterocycles. The summed E-state index contributed by atoms with van der Waals surface area (Å²) in [6, 6.07) is 14.7. The van der Waals surface area contributed by atoms with E-state index in [9.17, 15) is 14.7 Å². The summed E-state index contributed by atoms with van der Waals surface area (Å²) in [5.41, 5.74) is 3.64. The fourth-order valence-electron chi connectivity index (χ4n) is 3.01. The standard InChI is InChI=1S/C24H31NO3/c1-23(2,3)18-11-7-16(8-12-18)20(15-21(26)27)25-22(28)17-9-13-19(14-10-17)24(4,5)6/h7-14,20H,15H2,1-6H3,(H,25,28)(H,26,27)/t20-/m0/s1. The average Bonchev–Trinajstić information content (AvgIpc) is 2.59. The van der Waals surface area contributed by atoms with Crippen molar-refractivity contribution in [3.05, 3.63) is 70.8 Å². The molecule has 28 heavy (non-hydrogen) atoms. The second-order valence-corrected chi connectivity index (χ2v) is 9.32. The highest BCUT2D eigenvalue weighted by Gasteiger charge is 2.21. The number of rotatable bonds is 5. The fourth-order valence-corrected chi connectivity index (χ4v) is 3.01. The first-order chi connectivity index (χ1) is 12.9. The third-order valence-corrected chi connectivity index (χ3v) is 4.88. The molecule has 0 spiro atoms. The highest BCUT2D eigenvalue weighted by Crippen LogP contribution is 2.26. The Labute approximate surface area is 168 Å². The minimum atomic E-state index is -0.951. The zero-order valence-corrected chi connectivity index (χ0v) is 17.7. The molecule has 2 N–H and O–H groups in total. The van der Waals surface area contributed by atoms with E-state index in [0.717, 1.165) is 16.7 Å². The smallest absolute Gasteiger partial charge is 0.305 e. The summed E-state index contributed by atoms with van der Waals surface area (Å²) in [4.78, 5) is 24.0. The van der Waals surface area contributed by atoms with Gasteiger partial charge in [0.1, 0.15) is 0 Å². The number of nitrogens with one attached hydrogen (secondary N) is 1. The predicted molar refractivity (Wildman–Crippen MR) is 113 cm³/mol. The number of amides is 1. The average molecular weight is 382 g/mol. The number of carbonyl (C=O) groups excluding carboxylic acids is 1. The lowest BCUT2D eigenvalue weighted by molar-refractivity contribution is -0.137. The zero-order valence-electron chi connectivity index (χ0n) is 17.7. The van der Waals surface area contributed by atoms with Gasteiger partial charge in [0.05, 0.1) is 12.5 Å². The molecule has 0 aliphatic carbocycles. The van der Waals surface area contributed by atoms with Crippen LogP contribution >= 0.6 is 0 Å². The van der Waals surface area contributed by atoms with Crippen LogP contribution in [0.15, 0.2) is 48.5 Å². The molecule has 0 fully saturated rings. The molecule has 2 aromatic rings. The van der Waals surface area contributed by atoms with Gasteiger partial charge >= 0.3 is 5.97 Å². The summed E-state index contributed by atoms with van der Waals surface area (Å²) < 4.78 is 0. The summed E-state index contributed by atoms with van der Waals surface area (Å²) >= 11 is 0. The van der Waals surface area contributed by atoms with Crippen LogP contribution < -0.4 is 5.32 Å². The summed E-state index contributed by atoms with van der Waals surface area (Å²) in [5, 5.41) is 12.2. The van der Waals surface area contributed by atoms with Gasteiger partial charge in [-0.1, -0.05) is 77.9 Å². The van der Waals surface area contributed by atoms with Crippen molar-refractivity contribution in [2.75, 3.05) is 0 Å². The van der Waals surface area contributed by atoms with Crippen LogP contribution in [0.1, 0.15) is 81.1 Å². The normalized spacial score (nSPS) is 13.1. The van der Waals surface area contributed by atoms with Gasteiger partial charge in [0.25, 0.3) is 5.91 Å².